The molecule has 1 aromatic rings. The predicted octanol–water partition coefficient (Wildman–Crippen LogP) is 1.49. The Morgan fingerprint density at radius 3 is 2.84 bits per heavy atom. The van der Waals surface area contributed by atoms with Gasteiger partial charge in [0.25, 0.3) is 5.56 Å². The maximum atomic E-state index is 12.2. The number of piperidine rings is 1. The van der Waals surface area contributed by atoms with Gasteiger partial charge in [0.15, 0.2) is 0 Å². The van der Waals surface area contributed by atoms with Crippen LogP contribution in [0.2, 0.25) is 0 Å². The molecule has 25 heavy (non-hydrogen) atoms. The number of aromatic nitrogens is 2. The molecule has 1 fully saturated rings. The molecule has 1 saturated heterocycles. The van der Waals surface area contributed by atoms with Gasteiger partial charge in [0.05, 0.1) is 12.2 Å². The fourth-order valence-electron chi connectivity index (χ4n) is 3.71. The minimum Gasteiger partial charge on any atom is -0.354 e. The lowest BCUT2D eigenvalue weighted by molar-refractivity contribution is -0.125. The van der Waals surface area contributed by atoms with Gasteiger partial charge in [-0.25, -0.2) is 4.68 Å². The second-order valence-corrected chi connectivity index (χ2v) is 7.11. The Morgan fingerprint density at radius 2 is 2.04 bits per heavy atom. The van der Waals surface area contributed by atoms with Crippen LogP contribution in [0.25, 0.3) is 0 Å². The molecule has 1 atom stereocenters. The van der Waals surface area contributed by atoms with Gasteiger partial charge in [-0.3, -0.25) is 14.5 Å². The number of hydrogen-bond acceptors (Lipinski definition) is 4. The summed E-state index contributed by atoms with van der Waals surface area (Å²) in [5, 5.41) is 7.45. The van der Waals surface area contributed by atoms with Gasteiger partial charge in [0.1, 0.15) is 0 Å². The van der Waals surface area contributed by atoms with Gasteiger partial charge in [0.2, 0.25) is 5.91 Å². The molecule has 0 aromatic carbocycles. The number of nitrogens with zero attached hydrogens (tertiary/aromatic N) is 3. The summed E-state index contributed by atoms with van der Waals surface area (Å²) in [6, 6.07) is 3.68. The SMILES string of the molecule is Cc1ccc(=O)n(CCN2CCCCC2CNC(=O)C2CC=CC2)n1. The van der Waals surface area contributed by atoms with E-state index in [4.69, 9.17) is 0 Å². The molecule has 1 aliphatic carbocycles. The van der Waals surface area contributed by atoms with Crippen molar-refractivity contribution in [1.82, 2.24) is 20.0 Å². The number of amides is 1. The number of allylic oxidation sites excluding steroid dienone is 2. The van der Waals surface area contributed by atoms with Crippen LogP contribution in [0.3, 0.4) is 0 Å². The molecule has 0 spiro atoms. The summed E-state index contributed by atoms with van der Waals surface area (Å²) in [5.41, 5.74) is 0.799. The summed E-state index contributed by atoms with van der Waals surface area (Å²) in [7, 11) is 0. The van der Waals surface area contributed by atoms with E-state index in [0.29, 0.717) is 19.1 Å². The molecule has 2 aliphatic rings. The Labute approximate surface area is 148 Å². The van der Waals surface area contributed by atoms with Crippen LogP contribution >= 0.6 is 0 Å². The number of aryl methyl sites for hydroxylation is 1. The van der Waals surface area contributed by atoms with Crippen molar-refractivity contribution >= 4 is 5.91 Å². The van der Waals surface area contributed by atoms with Crippen molar-refractivity contribution in [1.29, 1.82) is 0 Å². The molecule has 0 bridgehead atoms. The Balaban J connectivity index is 1.52. The number of rotatable bonds is 6. The van der Waals surface area contributed by atoms with Gasteiger partial charge in [-0.05, 0) is 45.2 Å². The van der Waals surface area contributed by atoms with Crippen LogP contribution in [0.4, 0.5) is 0 Å². The number of likely N-dealkylation sites (tertiary alicyclic amines) is 1. The van der Waals surface area contributed by atoms with Crippen LogP contribution in [-0.2, 0) is 11.3 Å². The molecule has 1 amide bonds. The highest BCUT2D eigenvalue weighted by Crippen LogP contribution is 2.19. The van der Waals surface area contributed by atoms with Gasteiger partial charge in [-0.2, -0.15) is 5.10 Å². The first-order valence-corrected chi connectivity index (χ1v) is 9.35. The maximum absolute atomic E-state index is 12.2. The van der Waals surface area contributed by atoms with Crippen molar-refractivity contribution in [3.8, 4) is 0 Å². The molecule has 2 heterocycles. The number of nitrogens with one attached hydrogen (secondary N) is 1. The van der Waals surface area contributed by atoms with Gasteiger partial charge >= 0.3 is 0 Å². The van der Waals surface area contributed by atoms with Crippen molar-refractivity contribution in [2.75, 3.05) is 19.6 Å². The Kier molecular flexibility index (Phi) is 6.02. The highest BCUT2D eigenvalue weighted by molar-refractivity contribution is 5.79. The summed E-state index contributed by atoms with van der Waals surface area (Å²) in [4.78, 5) is 26.5. The van der Waals surface area contributed by atoms with E-state index in [1.165, 1.54) is 12.8 Å². The molecule has 6 nitrogen and oxygen atoms in total. The molecular weight excluding hydrogens is 316 g/mol. The Bertz CT molecular complexity index is 674. The summed E-state index contributed by atoms with van der Waals surface area (Å²) < 4.78 is 1.55. The molecule has 6 heteroatoms. The van der Waals surface area contributed by atoms with Gasteiger partial charge in [0, 0.05) is 31.1 Å². The Morgan fingerprint density at radius 1 is 1.24 bits per heavy atom. The summed E-state index contributed by atoms with van der Waals surface area (Å²) in [6.45, 7) is 5.00. The molecule has 1 aliphatic heterocycles. The van der Waals surface area contributed by atoms with E-state index in [1.54, 1.807) is 16.8 Å². The number of carbonyl (C=O) groups is 1. The smallest absolute Gasteiger partial charge is 0.266 e. The van der Waals surface area contributed by atoms with E-state index in [9.17, 15) is 9.59 Å². The van der Waals surface area contributed by atoms with Crippen molar-refractivity contribution in [2.45, 2.75) is 51.6 Å². The average Bonchev–Trinajstić information content (AvgIpc) is 3.16. The monoisotopic (exact) mass is 344 g/mol. The van der Waals surface area contributed by atoms with Crippen LogP contribution < -0.4 is 10.9 Å². The van der Waals surface area contributed by atoms with Crippen LogP contribution in [0.1, 0.15) is 37.8 Å². The van der Waals surface area contributed by atoms with Crippen LogP contribution in [0.15, 0.2) is 29.1 Å². The summed E-state index contributed by atoms with van der Waals surface area (Å²) in [5.74, 6) is 0.291. The fraction of sp³-hybridized carbons (Fsp3) is 0.632. The van der Waals surface area contributed by atoms with Gasteiger partial charge < -0.3 is 5.32 Å². The molecule has 0 radical (unpaired) electrons. The van der Waals surface area contributed by atoms with E-state index in [-0.39, 0.29) is 17.4 Å². The largest absolute Gasteiger partial charge is 0.354 e. The third kappa shape index (κ3) is 4.78. The first-order chi connectivity index (χ1) is 12.1. The van der Waals surface area contributed by atoms with E-state index in [2.05, 4.69) is 27.5 Å². The third-order valence-corrected chi connectivity index (χ3v) is 5.24. The molecule has 1 aromatic heterocycles. The molecule has 0 saturated carbocycles. The predicted molar refractivity (Wildman–Crippen MR) is 97.3 cm³/mol. The van der Waals surface area contributed by atoms with E-state index in [0.717, 1.165) is 38.0 Å². The van der Waals surface area contributed by atoms with Crippen molar-refractivity contribution in [2.24, 2.45) is 5.92 Å². The highest BCUT2D eigenvalue weighted by atomic mass is 16.2. The summed E-state index contributed by atoms with van der Waals surface area (Å²) in [6.07, 6.45) is 9.37. The van der Waals surface area contributed by atoms with Crippen molar-refractivity contribution in [3.63, 3.8) is 0 Å². The fourth-order valence-corrected chi connectivity index (χ4v) is 3.71. The molecule has 1 unspecified atom stereocenters. The lowest BCUT2D eigenvalue weighted by Gasteiger charge is -2.36. The quantitative estimate of drug-likeness (QED) is 0.794. The molecule has 1 N–H and O–H groups in total. The highest BCUT2D eigenvalue weighted by Gasteiger charge is 2.25. The van der Waals surface area contributed by atoms with Crippen LogP contribution in [0, 0.1) is 12.8 Å². The van der Waals surface area contributed by atoms with Gasteiger partial charge in [-0.1, -0.05) is 18.6 Å². The zero-order valence-electron chi connectivity index (χ0n) is 15.0. The van der Waals surface area contributed by atoms with E-state index < -0.39 is 0 Å². The summed E-state index contributed by atoms with van der Waals surface area (Å²) >= 11 is 0. The molecule has 136 valence electrons. The number of hydrogen-bond donors (Lipinski definition) is 1. The zero-order chi connectivity index (χ0) is 17.6. The minimum atomic E-state index is -0.0544. The minimum absolute atomic E-state index is 0.0544. The molecule has 3 rings (SSSR count). The van der Waals surface area contributed by atoms with Crippen molar-refractivity contribution < 1.29 is 4.79 Å². The average molecular weight is 344 g/mol. The first-order valence-electron chi connectivity index (χ1n) is 9.35. The van der Waals surface area contributed by atoms with Crippen LogP contribution in [0.5, 0.6) is 0 Å². The lowest BCUT2D eigenvalue weighted by atomic mass is 10.0. The lowest BCUT2D eigenvalue weighted by Crippen LogP contribution is -2.48. The second-order valence-electron chi connectivity index (χ2n) is 7.11. The maximum Gasteiger partial charge on any atom is 0.266 e. The standard InChI is InChI=1S/C19H28N4O2/c1-15-9-10-18(24)23(21-15)13-12-22-11-5-4-8-17(22)14-20-19(25)16-6-2-3-7-16/h2-3,9-10,16-17H,4-8,11-14H2,1H3,(H,20,25). The molecular formula is C19H28N4O2. The first kappa shape index (κ1) is 17.9. The van der Waals surface area contributed by atoms with E-state index >= 15 is 0 Å². The van der Waals surface area contributed by atoms with Crippen molar-refractivity contribution in [3.05, 3.63) is 40.3 Å². The second kappa shape index (κ2) is 8.43. The normalized spacial score (nSPS) is 21.6. The van der Waals surface area contributed by atoms with Gasteiger partial charge in [-0.15, -0.1) is 0 Å². The Hall–Kier alpha value is -1.95. The topological polar surface area (TPSA) is 67.2 Å². The number of carbonyl (C=O) groups excluding carboxylic acids is 1. The third-order valence-electron chi connectivity index (χ3n) is 5.24. The zero-order valence-corrected chi connectivity index (χ0v) is 15.0. The van der Waals surface area contributed by atoms with E-state index in [1.807, 2.05) is 6.92 Å². The van der Waals surface area contributed by atoms with Crippen LogP contribution in [-0.4, -0.2) is 46.3 Å².